The van der Waals surface area contributed by atoms with Crippen molar-refractivity contribution in [2.75, 3.05) is 18.5 Å². The van der Waals surface area contributed by atoms with Crippen LogP contribution in [0.5, 0.6) is 5.75 Å². The lowest BCUT2D eigenvalue weighted by atomic mass is 9.99. The molecule has 1 aromatic carbocycles. The number of hydrogen-bond acceptors (Lipinski definition) is 3. The van der Waals surface area contributed by atoms with E-state index in [-0.39, 0.29) is 0 Å². The summed E-state index contributed by atoms with van der Waals surface area (Å²) in [6, 6.07) is 9.47. The smallest absolute Gasteiger partial charge is 0.142 e. The number of anilines is 1. The molecule has 2 unspecified atom stereocenters. The first-order chi connectivity index (χ1) is 9.79. The normalized spacial score (nSPS) is 22.5. The summed E-state index contributed by atoms with van der Waals surface area (Å²) in [6.45, 7) is 6.23. The Labute approximate surface area is 123 Å². The molecular formula is C17H28N2O. The molecule has 1 aromatic rings. The topological polar surface area (TPSA) is 33.3 Å². The molecule has 0 amide bonds. The number of rotatable bonds is 7. The summed E-state index contributed by atoms with van der Waals surface area (Å²) in [5, 5.41) is 7.20. The van der Waals surface area contributed by atoms with Gasteiger partial charge in [-0.1, -0.05) is 31.9 Å². The third kappa shape index (κ3) is 4.71. The van der Waals surface area contributed by atoms with Crippen LogP contribution in [0.1, 0.15) is 46.0 Å². The highest BCUT2D eigenvalue weighted by molar-refractivity contribution is 5.56. The molecule has 0 aliphatic carbocycles. The molecule has 0 saturated carbocycles. The minimum absolute atomic E-state index is 0.572. The fourth-order valence-corrected chi connectivity index (χ4v) is 2.70. The van der Waals surface area contributed by atoms with Gasteiger partial charge in [0.15, 0.2) is 0 Å². The molecule has 2 N–H and O–H groups in total. The Morgan fingerprint density at radius 2 is 2.15 bits per heavy atom. The lowest BCUT2D eigenvalue weighted by molar-refractivity contribution is 0.310. The van der Waals surface area contributed by atoms with Crippen LogP contribution in [0.15, 0.2) is 24.3 Å². The molecule has 1 heterocycles. The summed E-state index contributed by atoms with van der Waals surface area (Å²) in [7, 11) is 0. The molecule has 0 aromatic heterocycles. The van der Waals surface area contributed by atoms with Crippen LogP contribution in [-0.2, 0) is 0 Å². The van der Waals surface area contributed by atoms with Crippen molar-refractivity contribution < 1.29 is 4.74 Å². The van der Waals surface area contributed by atoms with E-state index < -0.39 is 0 Å². The van der Waals surface area contributed by atoms with Gasteiger partial charge in [-0.15, -0.1) is 0 Å². The Morgan fingerprint density at radius 3 is 2.95 bits per heavy atom. The van der Waals surface area contributed by atoms with E-state index in [0.717, 1.165) is 31.0 Å². The molecule has 2 rings (SSSR count). The van der Waals surface area contributed by atoms with Gasteiger partial charge in [-0.2, -0.15) is 0 Å². The van der Waals surface area contributed by atoms with Gasteiger partial charge in [-0.25, -0.2) is 0 Å². The number of piperidine rings is 1. The van der Waals surface area contributed by atoms with E-state index in [4.69, 9.17) is 4.74 Å². The highest BCUT2D eigenvalue weighted by Crippen LogP contribution is 2.24. The second-order valence-corrected chi connectivity index (χ2v) is 5.77. The van der Waals surface area contributed by atoms with Crippen LogP contribution in [0.25, 0.3) is 0 Å². The van der Waals surface area contributed by atoms with E-state index in [1.165, 1.54) is 25.7 Å². The first-order valence-electron chi connectivity index (χ1n) is 8.01. The zero-order valence-corrected chi connectivity index (χ0v) is 12.8. The number of hydrogen-bond donors (Lipinski definition) is 2. The first kappa shape index (κ1) is 15.2. The fourth-order valence-electron chi connectivity index (χ4n) is 2.70. The zero-order chi connectivity index (χ0) is 14.2. The Kier molecular flexibility index (Phi) is 6.19. The molecule has 1 fully saturated rings. The van der Waals surface area contributed by atoms with Crippen molar-refractivity contribution in [2.45, 2.75) is 58.0 Å². The first-order valence-corrected chi connectivity index (χ1v) is 8.01. The Bertz CT molecular complexity index is 394. The van der Waals surface area contributed by atoms with E-state index in [9.17, 15) is 0 Å². The van der Waals surface area contributed by atoms with Crippen molar-refractivity contribution in [3.05, 3.63) is 24.3 Å². The average Bonchev–Trinajstić information content (AvgIpc) is 2.47. The van der Waals surface area contributed by atoms with Crippen molar-refractivity contribution in [2.24, 2.45) is 0 Å². The molecule has 0 bridgehead atoms. The van der Waals surface area contributed by atoms with Gasteiger partial charge in [0, 0.05) is 18.6 Å². The number of ether oxygens (including phenoxy) is 1. The molecule has 0 spiro atoms. The third-order valence-corrected chi connectivity index (χ3v) is 3.89. The molecule has 20 heavy (non-hydrogen) atoms. The standard InChI is InChI=1S/C17H28N2O/c1-3-4-12-20-17-11-6-5-10-16(17)18-13-15-9-7-8-14(2)19-15/h5-6,10-11,14-15,18-19H,3-4,7-9,12-13H2,1-2H3. The molecule has 3 heteroatoms. The summed E-state index contributed by atoms with van der Waals surface area (Å²) in [5.41, 5.74) is 1.11. The Balaban J connectivity index is 1.85. The van der Waals surface area contributed by atoms with Crippen molar-refractivity contribution >= 4 is 5.69 Å². The lowest BCUT2D eigenvalue weighted by Crippen LogP contribution is -2.44. The van der Waals surface area contributed by atoms with Crippen LogP contribution in [0, 0.1) is 0 Å². The van der Waals surface area contributed by atoms with Crippen LogP contribution < -0.4 is 15.4 Å². The highest BCUT2D eigenvalue weighted by Gasteiger charge is 2.17. The van der Waals surface area contributed by atoms with E-state index in [1.54, 1.807) is 0 Å². The van der Waals surface area contributed by atoms with Crippen LogP contribution >= 0.6 is 0 Å². The van der Waals surface area contributed by atoms with Crippen LogP contribution in [0.4, 0.5) is 5.69 Å². The van der Waals surface area contributed by atoms with Gasteiger partial charge in [-0.3, -0.25) is 0 Å². The third-order valence-electron chi connectivity index (χ3n) is 3.89. The zero-order valence-electron chi connectivity index (χ0n) is 12.8. The highest BCUT2D eigenvalue weighted by atomic mass is 16.5. The van der Waals surface area contributed by atoms with Gasteiger partial charge >= 0.3 is 0 Å². The second-order valence-electron chi connectivity index (χ2n) is 5.77. The summed E-state index contributed by atoms with van der Waals surface area (Å²) >= 11 is 0. The quantitative estimate of drug-likeness (QED) is 0.743. The number of benzene rings is 1. The van der Waals surface area contributed by atoms with Gasteiger partial charge < -0.3 is 15.4 Å². The number of nitrogens with one attached hydrogen (secondary N) is 2. The average molecular weight is 276 g/mol. The lowest BCUT2D eigenvalue weighted by Gasteiger charge is -2.29. The van der Waals surface area contributed by atoms with Gasteiger partial charge in [0.05, 0.1) is 12.3 Å². The van der Waals surface area contributed by atoms with Crippen LogP contribution in [-0.4, -0.2) is 25.2 Å². The maximum absolute atomic E-state index is 5.86. The maximum atomic E-state index is 5.86. The van der Waals surface area contributed by atoms with Gasteiger partial charge in [0.25, 0.3) is 0 Å². The predicted octanol–water partition coefficient (Wildman–Crippen LogP) is 3.81. The monoisotopic (exact) mass is 276 g/mol. The number of unbranched alkanes of at least 4 members (excludes halogenated alkanes) is 1. The second kappa shape index (κ2) is 8.15. The van der Waals surface area contributed by atoms with Crippen molar-refractivity contribution in [3.63, 3.8) is 0 Å². The summed E-state index contributed by atoms with van der Waals surface area (Å²) in [6.07, 6.45) is 6.16. The van der Waals surface area contributed by atoms with Gasteiger partial charge in [-0.05, 0) is 38.3 Å². The van der Waals surface area contributed by atoms with Crippen molar-refractivity contribution in [3.8, 4) is 5.75 Å². The largest absolute Gasteiger partial charge is 0.491 e. The number of para-hydroxylation sites is 2. The molecule has 2 atom stereocenters. The molecule has 3 nitrogen and oxygen atoms in total. The summed E-state index contributed by atoms with van der Waals surface area (Å²) < 4.78 is 5.86. The molecular weight excluding hydrogens is 248 g/mol. The molecule has 1 aliphatic rings. The van der Waals surface area contributed by atoms with Crippen molar-refractivity contribution in [1.29, 1.82) is 0 Å². The Morgan fingerprint density at radius 1 is 1.30 bits per heavy atom. The molecule has 1 aliphatic heterocycles. The molecule has 1 saturated heterocycles. The van der Waals surface area contributed by atoms with Crippen LogP contribution in [0.2, 0.25) is 0 Å². The minimum atomic E-state index is 0.572. The van der Waals surface area contributed by atoms with Gasteiger partial charge in [0.1, 0.15) is 5.75 Å². The Hall–Kier alpha value is -1.22. The van der Waals surface area contributed by atoms with Crippen LogP contribution in [0.3, 0.4) is 0 Å². The summed E-state index contributed by atoms with van der Waals surface area (Å²) in [5.74, 6) is 0.977. The van der Waals surface area contributed by atoms with Crippen molar-refractivity contribution in [1.82, 2.24) is 5.32 Å². The van der Waals surface area contributed by atoms with E-state index in [2.05, 4.69) is 42.7 Å². The predicted molar refractivity (Wildman–Crippen MR) is 85.6 cm³/mol. The van der Waals surface area contributed by atoms with Gasteiger partial charge in [0.2, 0.25) is 0 Å². The fraction of sp³-hybridized carbons (Fsp3) is 0.647. The SMILES string of the molecule is CCCCOc1ccccc1NCC1CCCC(C)N1. The van der Waals surface area contributed by atoms with E-state index in [1.807, 2.05) is 6.07 Å². The minimum Gasteiger partial charge on any atom is -0.491 e. The summed E-state index contributed by atoms with van der Waals surface area (Å²) in [4.78, 5) is 0. The van der Waals surface area contributed by atoms with E-state index in [0.29, 0.717) is 12.1 Å². The maximum Gasteiger partial charge on any atom is 0.142 e. The molecule has 0 radical (unpaired) electrons. The molecule has 112 valence electrons. The van der Waals surface area contributed by atoms with E-state index >= 15 is 0 Å².